The first-order valence-corrected chi connectivity index (χ1v) is 6.70. The van der Waals surface area contributed by atoms with Gasteiger partial charge in [-0.25, -0.2) is 0 Å². The van der Waals surface area contributed by atoms with Gasteiger partial charge >= 0.3 is 0 Å². The fourth-order valence-electron chi connectivity index (χ4n) is 2.73. The molecular weight excluding hydrogens is 254 g/mol. The predicted molar refractivity (Wildman–Crippen MR) is 76.1 cm³/mol. The molecule has 1 aliphatic rings. The van der Waals surface area contributed by atoms with Crippen LogP contribution in [0.15, 0.2) is 30.5 Å². The molecule has 0 saturated carbocycles. The standard InChI is InChI=1S/C16H17NO3/c1-19-11-6-7-14(16(10-11)20-2)17-9-8-12-13(17)4-3-5-15(12)18/h6-10H,3-5H2,1-2H3. The molecule has 1 aromatic carbocycles. The quantitative estimate of drug-likeness (QED) is 0.861. The molecule has 4 heteroatoms. The molecule has 2 aromatic rings. The second kappa shape index (κ2) is 5.04. The Morgan fingerprint density at radius 3 is 2.70 bits per heavy atom. The van der Waals surface area contributed by atoms with Crippen LogP contribution in [0.5, 0.6) is 11.5 Å². The van der Waals surface area contributed by atoms with Crippen LogP contribution < -0.4 is 9.47 Å². The van der Waals surface area contributed by atoms with Crippen LogP contribution >= 0.6 is 0 Å². The number of aromatic nitrogens is 1. The van der Waals surface area contributed by atoms with Crippen molar-refractivity contribution < 1.29 is 14.3 Å². The fourth-order valence-corrected chi connectivity index (χ4v) is 2.73. The van der Waals surface area contributed by atoms with Crippen molar-refractivity contribution >= 4 is 5.78 Å². The summed E-state index contributed by atoms with van der Waals surface area (Å²) < 4.78 is 12.7. The smallest absolute Gasteiger partial charge is 0.164 e. The van der Waals surface area contributed by atoms with Gasteiger partial charge in [-0.1, -0.05) is 0 Å². The van der Waals surface area contributed by atoms with E-state index in [1.165, 1.54) is 0 Å². The Kier molecular flexibility index (Phi) is 3.22. The molecule has 0 saturated heterocycles. The Morgan fingerprint density at radius 2 is 1.95 bits per heavy atom. The fraction of sp³-hybridized carbons (Fsp3) is 0.312. The largest absolute Gasteiger partial charge is 0.497 e. The molecule has 0 fully saturated rings. The molecule has 3 rings (SSSR count). The number of ether oxygens (including phenoxy) is 2. The maximum atomic E-state index is 11.9. The normalized spacial score (nSPS) is 14.0. The minimum atomic E-state index is 0.234. The molecule has 20 heavy (non-hydrogen) atoms. The van der Waals surface area contributed by atoms with Gasteiger partial charge in [0, 0.05) is 29.9 Å². The molecule has 0 aliphatic heterocycles. The molecule has 1 aromatic heterocycles. The summed E-state index contributed by atoms with van der Waals surface area (Å²) in [6.07, 6.45) is 4.42. The van der Waals surface area contributed by atoms with Crippen molar-refractivity contribution in [2.75, 3.05) is 14.2 Å². The van der Waals surface area contributed by atoms with Crippen molar-refractivity contribution in [2.45, 2.75) is 19.3 Å². The van der Waals surface area contributed by atoms with Gasteiger partial charge in [0.05, 0.1) is 19.9 Å². The van der Waals surface area contributed by atoms with Gasteiger partial charge in [0.25, 0.3) is 0 Å². The van der Waals surface area contributed by atoms with Crippen molar-refractivity contribution in [1.82, 2.24) is 4.57 Å². The number of carbonyl (C=O) groups is 1. The molecule has 1 aliphatic carbocycles. The van der Waals surface area contributed by atoms with Crippen molar-refractivity contribution in [3.05, 3.63) is 41.7 Å². The molecule has 0 radical (unpaired) electrons. The Balaban J connectivity index is 2.12. The van der Waals surface area contributed by atoms with Crippen LogP contribution in [0.3, 0.4) is 0 Å². The lowest BCUT2D eigenvalue weighted by molar-refractivity contribution is 0.0972. The number of rotatable bonds is 3. The highest BCUT2D eigenvalue weighted by molar-refractivity contribution is 5.98. The minimum Gasteiger partial charge on any atom is -0.497 e. The number of nitrogens with zero attached hydrogens (tertiary/aromatic N) is 1. The van der Waals surface area contributed by atoms with Gasteiger partial charge in [-0.15, -0.1) is 0 Å². The van der Waals surface area contributed by atoms with Crippen molar-refractivity contribution in [1.29, 1.82) is 0 Å². The molecule has 0 N–H and O–H groups in total. The summed E-state index contributed by atoms with van der Waals surface area (Å²) in [7, 11) is 3.27. The van der Waals surface area contributed by atoms with Crippen LogP contribution in [0.25, 0.3) is 5.69 Å². The van der Waals surface area contributed by atoms with Crippen LogP contribution in [0.1, 0.15) is 28.9 Å². The predicted octanol–water partition coefficient (Wildman–Crippen LogP) is 3.01. The Bertz CT molecular complexity index is 658. The summed E-state index contributed by atoms with van der Waals surface area (Å²) in [5, 5.41) is 0. The number of ketones is 1. The summed E-state index contributed by atoms with van der Waals surface area (Å²) in [6, 6.07) is 7.61. The summed E-state index contributed by atoms with van der Waals surface area (Å²) in [4.78, 5) is 11.9. The van der Waals surface area contributed by atoms with Crippen LogP contribution in [-0.4, -0.2) is 24.6 Å². The van der Waals surface area contributed by atoms with Crippen molar-refractivity contribution in [3.8, 4) is 17.2 Å². The van der Waals surface area contributed by atoms with E-state index in [0.29, 0.717) is 6.42 Å². The van der Waals surface area contributed by atoms with Gasteiger partial charge < -0.3 is 14.0 Å². The topological polar surface area (TPSA) is 40.5 Å². The molecule has 4 nitrogen and oxygen atoms in total. The Hall–Kier alpha value is -2.23. The van der Waals surface area contributed by atoms with Crippen molar-refractivity contribution in [3.63, 3.8) is 0 Å². The molecular formula is C16H17NO3. The van der Waals surface area contributed by atoms with Gasteiger partial charge in [0.1, 0.15) is 11.5 Å². The Morgan fingerprint density at radius 1 is 1.10 bits per heavy atom. The number of Topliss-reactive ketones (excluding diaryl/α,β-unsaturated/α-hetero) is 1. The third-order valence-corrected chi connectivity index (χ3v) is 3.76. The minimum absolute atomic E-state index is 0.234. The van der Waals surface area contributed by atoms with E-state index < -0.39 is 0 Å². The monoisotopic (exact) mass is 271 g/mol. The number of methoxy groups -OCH3 is 2. The zero-order valence-corrected chi connectivity index (χ0v) is 11.7. The van der Waals surface area contributed by atoms with E-state index in [2.05, 4.69) is 0 Å². The van der Waals surface area contributed by atoms with Gasteiger partial charge in [0.2, 0.25) is 0 Å². The molecule has 0 spiro atoms. The SMILES string of the molecule is COc1ccc(-n2ccc3c2CCCC3=O)c(OC)c1. The zero-order chi connectivity index (χ0) is 14.1. The number of hydrogen-bond donors (Lipinski definition) is 0. The van der Waals surface area contributed by atoms with E-state index in [1.807, 2.05) is 35.0 Å². The lowest BCUT2D eigenvalue weighted by Gasteiger charge is -2.17. The van der Waals surface area contributed by atoms with E-state index >= 15 is 0 Å². The second-order valence-electron chi connectivity index (χ2n) is 4.86. The molecule has 1 heterocycles. The first kappa shape index (κ1) is 12.8. The summed E-state index contributed by atoms with van der Waals surface area (Å²) in [5.74, 6) is 1.72. The average molecular weight is 271 g/mol. The summed E-state index contributed by atoms with van der Waals surface area (Å²) in [6.45, 7) is 0. The third-order valence-electron chi connectivity index (χ3n) is 3.76. The average Bonchev–Trinajstić information content (AvgIpc) is 2.91. The van der Waals surface area contributed by atoms with Gasteiger partial charge in [-0.3, -0.25) is 4.79 Å². The van der Waals surface area contributed by atoms with Gasteiger partial charge in [0.15, 0.2) is 5.78 Å². The molecule has 0 amide bonds. The number of benzene rings is 1. The maximum Gasteiger partial charge on any atom is 0.164 e. The number of carbonyl (C=O) groups excluding carboxylic acids is 1. The Labute approximate surface area is 117 Å². The van der Waals surface area contributed by atoms with E-state index in [-0.39, 0.29) is 5.78 Å². The number of fused-ring (bicyclic) bond motifs is 1. The summed E-state index contributed by atoms with van der Waals surface area (Å²) in [5.41, 5.74) is 2.85. The summed E-state index contributed by atoms with van der Waals surface area (Å²) >= 11 is 0. The van der Waals surface area contributed by atoms with Crippen LogP contribution in [-0.2, 0) is 6.42 Å². The van der Waals surface area contributed by atoms with E-state index in [1.54, 1.807) is 14.2 Å². The van der Waals surface area contributed by atoms with Gasteiger partial charge in [-0.2, -0.15) is 0 Å². The zero-order valence-electron chi connectivity index (χ0n) is 11.7. The van der Waals surface area contributed by atoms with Crippen LogP contribution in [0.2, 0.25) is 0 Å². The molecule has 0 bridgehead atoms. The van der Waals surface area contributed by atoms with E-state index in [0.717, 1.165) is 41.3 Å². The first-order chi connectivity index (χ1) is 9.74. The van der Waals surface area contributed by atoms with Gasteiger partial charge in [-0.05, 0) is 31.0 Å². The van der Waals surface area contributed by atoms with E-state index in [9.17, 15) is 4.79 Å². The highest BCUT2D eigenvalue weighted by atomic mass is 16.5. The second-order valence-corrected chi connectivity index (χ2v) is 4.86. The van der Waals surface area contributed by atoms with Crippen LogP contribution in [0.4, 0.5) is 0 Å². The highest BCUT2D eigenvalue weighted by Gasteiger charge is 2.22. The lowest BCUT2D eigenvalue weighted by Crippen LogP contribution is -2.12. The molecule has 0 atom stereocenters. The lowest BCUT2D eigenvalue weighted by atomic mass is 9.97. The first-order valence-electron chi connectivity index (χ1n) is 6.70. The maximum absolute atomic E-state index is 11.9. The van der Waals surface area contributed by atoms with Crippen molar-refractivity contribution in [2.24, 2.45) is 0 Å². The van der Waals surface area contributed by atoms with E-state index in [4.69, 9.17) is 9.47 Å². The number of hydrogen-bond acceptors (Lipinski definition) is 3. The van der Waals surface area contributed by atoms with Crippen LogP contribution in [0, 0.1) is 0 Å². The third kappa shape index (κ3) is 1.97. The highest BCUT2D eigenvalue weighted by Crippen LogP contribution is 2.32. The molecule has 104 valence electrons. The molecule has 0 unspecified atom stereocenters.